The van der Waals surface area contributed by atoms with Crippen molar-refractivity contribution in [2.75, 3.05) is 12.3 Å². The Morgan fingerprint density at radius 2 is 2.10 bits per heavy atom. The van der Waals surface area contributed by atoms with Gasteiger partial charge in [0.25, 0.3) is 0 Å². The number of carbonyl (C=O) groups is 2. The molecule has 11 heteroatoms. The van der Waals surface area contributed by atoms with Gasteiger partial charge in [0.05, 0.1) is 12.0 Å². The Kier molecular flexibility index (Phi) is 7.29. The quantitative estimate of drug-likeness (QED) is 0.418. The molecule has 1 aliphatic rings. The number of sulfonamides is 1. The van der Waals surface area contributed by atoms with E-state index in [1.165, 1.54) is 17.0 Å². The van der Waals surface area contributed by atoms with E-state index in [0.29, 0.717) is 32.1 Å². The number of likely N-dealkylation sites (tertiary alicyclic amines) is 1. The van der Waals surface area contributed by atoms with Crippen molar-refractivity contribution in [2.45, 2.75) is 55.5 Å². The van der Waals surface area contributed by atoms with E-state index in [1.807, 2.05) is 0 Å². The summed E-state index contributed by atoms with van der Waals surface area (Å²) < 4.78 is 28.4. The van der Waals surface area contributed by atoms with Crippen LogP contribution in [-0.2, 0) is 26.0 Å². The van der Waals surface area contributed by atoms with Gasteiger partial charge in [0.15, 0.2) is 0 Å². The lowest BCUT2D eigenvalue weighted by Crippen LogP contribution is -2.55. The second kappa shape index (κ2) is 9.92. The van der Waals surface area contributed by atoms with Crippen LogP contribution in [0.2, 0.25) is 0 Å². The summed E-state index contributed by atoms with van der Waals surface area (Å²) in [6.07, 6.45) is 6.21. The maximum atomic E-state index is 13.3. The third-order valence-corrected chi connectivity index (χ3v) is 6.91. The first-order valence-corrected chi connectivity index (χ1v) is 11.7. The lowest BCUT2D eigenvalue weighted by Gasteiger charge is -2.35. The topological polar surface area (TPSA) is 158 Å². The molecule has 0 radical (unpaired) electrons. The Bertz CT molecular complexity index is 1010. The minimum Gasteiger partial charge on any atom is -0.480 e. The highest BCUT2D eigenvalue weighted by molar-refractivity contribution is 7.89. The molecule has 2 atom stereocenters. The largest absolute Gasteiger partial charge is 0.480 e. The number of H-pyrrole nitrogens is 1. The number of benzene rings is 1. The van der Waals surface area contributed by atoms with Gasteiger partial charge in [-0.2, -0.15) is 4.72 Å². The van der Waals surface area contributed by atoms with Gasteiger partial charge in [0, 0.05) is 18.4 Å². The molecule has 168 valence electrons. The van der Waals surface area contributed by atoms with Crippen molar-refractivity contribution in [3.05, 3.63) is 42.5 Å². The molecular weight excluding hydrogens is 422 g/mol. The van der Waals surface area contributed by atoms with Crippen LogP contribution in [0.25, 0.3) is 0 Å². The first-order valence-electron chi connectivity index (χ1n) is 10.2. The molecule has 1 aromatic heterocycles. The smallest absolute Gasteiger partial charge is 0.326 e. The van der Waals surface area contributed by atoms with Crippen LogP contribution in [0.1, 0.15) is 37.8 Å². The fourth-order valence-corrected chi connectivity index (χ4v) is 5.14. The molecule has 0 saturated carbocycles. The van der Waals surface area contributed by atoms with Crippen LogP contribution in [0.4, 0.5) is 5.69 Å². The molecule has 1 amide bonds. The van der Waals surface area contributed by atoms with Crippen molar-refractivity contribution in [1.82, 2.24) is 19.6 Å². The number of anilines is 1. The number of carbonyl (C=O) groups excluding carboxylic acids is 1. The van der Waals surface area contributed by atoms with Crippen LogP contribution in [-0.4, -0.2) is 58.9 Å². The number of nitrogen functional groups attached to an aromatic ring is 1. The number of piperidine rings is 1. The van der Waals surface area contributed by atoms with Gasteiger partial charge in [-0.1, -0.05) is 12.1 Å². The molecule has 2 unspecified atom stereocenters. The number of nitrogens with two attached hydrogens (primary N) is 1. The number of aromatic amines is 1. The van der Waals surface area contributed by atoms with E-state index in [0.717, 1.165) is 5.69 Å². The van der Waals surface area contributed by atoms with Gasteiger partial charge in [-0.3, -0.25) is 4.79 Å². The predicted molar refractivity (Wildman–Crippen MR) is 113 cm³/mol. The highest BCUT2D eigenvalue weighted by Gasteiger charge is 2.37. The van der Waals surface area contributed by atoms with E-state index < -0.39 is 34.0 Å². The summed E-state index contributed by atoms with van der Waals surface area (Å²) in [5.41, 5.74) is 6.76. The summed E-state index contributed by atoms with van der Waals surface area (Å²) in [5.74, 6) is -1.62. The minimum absolute atomic E-state index is 0.0695. The lowest BCUT2D eigenvalue weighted by atomic mass is 10.00. The number of nitrogens with one attached hydrogen (secondary N) is 2. The summed E-state index contributed by atoms with van der Waals surface area (Å²) in [5, 5.41) is 9.53. The van der Waals surface area contributed by atoms with Crippen molar-refractivity contribution < 1.29 is 23.1 Å². The summed E-state index contributed by atoms with van der Waals surface area (Å²) in [4.78, 5) is 33.0. The van der Waals surface area contributed by atoms with Gasteiger partial charge in [-0.05, 0) is 50.7 Å². The molecule has 5 N–H and O–H groups in total. The molecular formula is C20H27N5O5S. The van der Waals surface area contributed by atoms with E-state index in [-0.39, 0.29) is 23.5 Å². The molecule has 3 rings (SSSR count). The van der Waals surface area contributed by atoms with Gasteiger partial charge >= 0.3 is 5.97 Å². The van der Waals surface area contributed by atoms with E-state index in [4.69, 9.17) is 5.73 Å². The zero-order valence-corrected chi connectivity index (χ0v) is 17.8. The van der Waals surface area contributed by atoms with E-state index in [2.05, 4.69) is 14.7 Å². The summed E-state index contributed by atoms with van der Waals surface area (Å²) in [6.45, 7) is 0.280. The Hall–Kier alpha value is -2.92. The zero-order valence-electron chi connectivity index (χ0n) is 17.0. The summed E-state index contributed by atoms with van der Waals surface area (Å²) >= 11 is 0. The SMILES string of the molecule is Nc1ccccc1S(=O)(=O)NC(CCCc1cnc[nH]1)C(=O)N1CCCCC1C(=O)O. The van der Waals surface area contributed by atoms with E-state index in [1.54, 1.807) is 24.7 Å². The van der Waals surface area contributed by atoms with Crippen LogP contribution in [0.5, 0.6) is 0 Å². The van der Waals surface area contributed by atoms with Gasteiger partial charge < -0.3 is 20.7 Å². The van der Waals surface area contributed by atoms with Crippen molar-refractivity contribution in [1.29, 1.82) is 0 Å². The van der Waals surface area contributed by atoms with Crippen molar-refractivity contribution in [3.63, 3.8) is 0 Å². The number of carboxylic acid groups (broad SMARTS) is 1. The maximum absolute atomic E-state index is 13.3. The average Bonchev–Trinajstić information content (AvgIpc) is 3.26. The number of hydrogen-bond acceptors (Lipinski definition) is 6. The van der Waals surface area contributed by atoms with Crippen LogP contribution >= 0.6 is 0 Å². The molecule has 10 nitrogen and oxygen atoms in total. The number of rotatable bonds is 9. The number of aryl methyl sites for hydroxylation is 1. The fraction of sp³-hybridized carbons (Fsp3) is 0.450. The Labute approximate surface area is 180 Å². The minimum atomic E-state index is -4.09. The number of amides is 1. The highest BCUT2D eigenvalue weighted by Crippen LogP contribution is 2.22. The van der Waals surface area contributed by atoms with Gasteiger partial charge in [-0.25, -0.2) is 18.2 Å². The molecule has 1 aromatic carbocycles. The molecule has 2 aromatic rings. The van der Waals surface area contributed by atoms with Crippen molar-refractivity contribution >= 4 is 27.6 Å². The highest BCUT2D eigenvalue weighted by atomic mass is 32.2. The Balaban J connectivity index is 1.82. The molecule has 1 fully saturated rings. The molecule has 0 aliphatic carbocycles. The molecule has 1 aliphatic heterocycles. The molecule has 31 heavy (non-hydrogen) atoms. The standard InChI is InChI=1S/C20H27N5O5S/c21-15-7-1-2-10-18(15)31(29,30)24-16(8-5-6-14-12-22-13-23-14)19(26)25-11-4-3-9-17(25)20(27)28/h1-2,7,10,12-13,16-17,24H,3-6,8-9,11,21H2,(H,22,23)(H,27,28). The predicted octanol–water partition coefficient (Wildman–Crippen LogP) is 1.13. The fourth-order valence-electron chi connectivity index (χ4n) is 3.78. The third-order valence-electron chi connectivity index (χ3n) is 5.37. The van der Waals surface area contributed by atoms with Crippen LogP contribution < -0.4 is 10.5 Å². The second-order valence-corrected chi connectivity index (χ2v) is 9.24. The van der Waals surface area contributed by atoms with E-state index >= 15 is 0 Å². The normalized spacial score (nSPS) is 17.9. The number of hydrogen-bond donors (Lipinski definition) is 4. The first kappa shape index (κ1) is 22.8. The molecule has 1 saturated heterocycles. The number of para-hydroxylation sites is 1. The summed E-state index contributed by atoms with van der Waals surface area (Å²) in [7, 11) is -4.09. The second-order valence-electron chi connectivity index (χ2n) is 7.56. The number of aliphatic carboxylic acids is 1. The lowest BCUT2D eigenvalue weighted by molar-refractivity contribution is -0.152. The molecule has 0 spiro atoms. The summed E-state index contributed by atoms with van der Waals surface area (Å²) in [6, 6.07) is 3.94. The number of imidazole rings is 1. The molecule has 2 heterocycles. The van der Waals surface area contributed by atoms with Crippen LogP contribution in [0.15, 0.2) is 41.7 Å². The van der Waals surface area contributed by atoms with Gasteiger partial charge in [0.2, 0.25) is 15.9 Å². The van der Waals surface area contributed by atoms with Crippen molar-refractivity contribution in [2.24, 2.45) is 0 Å². The maximum Gasteiger partial charge on any atom is 0.326 e. The third kappa shape index (κ3) is 5.61. The van der Waals surface area contributed by atoms with Crippen LogP contribution in [0.3, 0.4) is 0 Å². The first-order chi connectivity index (χ1) is 14.8. The molecule has 0 bridgehead atoms. The van der Waals surface area contributed by atoms with Crippen LogP contribution in [0, 0.1) is 0 Å². The average molecular weight is 450 g/mol. The van der Waals surface area contributed by atoms with Crippen molar-refractivity contribution in [3.8, 4) is 0 Å². The Morgan fingerprint density at radius 1 is 1.32 bits per heavy atom. The monoisotopic (exact) mass is 449 g/mol. The zero-order chi connectivity index (χ0) is 22.4. The van der Waals surface area contributed by atoms with Gasteiger partial charge in [-0.15, -0.1) is 0 Å². The number of nitrogens with zero attached hydrogens (tertiary/aromatic N) is 2. The Morgan fingerprint density at radius 3 is 2.77 bits per heavy atom. The number of carboxylic acids is 1. The van der Waals surface area contributed by atoms with E-state index in [9.17, 15) is 23.1 Å². The number of aromatic nitrogens is 2. The van der Waals surface area contributed by atoms with Gasteiger partial charge in [0.1, 0.15) is 17.0 Å².